The predicted octanol–water partition coefficient (Wildman–Crippen LogP) is 1.98. The van der Waals surface area contributed by atoms with Gasteiger partial charge in [-0.25, -0.2) is 0 Å². The monoisotopic (exact) mass is 239 g/mol. The molecule has 2 heteroatoms. The molecule has 1 nitrogen and oxygen atoms in total. The Bertz CT molecular complexity index is 84.9. The van der Waals surface area contributed by atoms with Gasteiger partial charge in [0.15, 0.2) is 0 Å². The number of rotatable bonds is 4. The zero-order chi connectivity index (χ0) is 7.11. The van der Waals surface area contributed by atoms with Crippen molar-refractivity contribution in [3.8, 4) is 0 Å². The molecule has 0 aromatic carbocycles. The molecule has 54 valence electrons. The highest BCUT2D eigenvalue weighted by molar-refractivity contribution is 14.1. The average Bonchev–Trinajstić information content (AvgIpc) is 1.80. The van der Waals surface area contributed by atoms with E-state index in [-0.39, 0.29) is 0 Å². The Kier molecular flexibility index (Phi) is 6.86. The van der Waals surface area contributed by atoms with Crippen molar-refractivity contribution in [3.63, 3.8) is 0 Å². The van der Waals surface area contributed by atoms with Crippen LogP contribution in [-0.2, 0) is 0 Å². The fourth-order valence-electron chi connectivity index (χ4n) is 0.445. The minimum Gasteiger partial charge on any atom is -0.313 e. The third kappa shape index (κ3) is 8.43. The quantitative estimate of drug-likeness (QED) is 0.342. The molecular weight excluding hydrogens is 225 g/mol. The maximum atomic E-state index is 3.28. The summed E-state index contributed by atoms with van der Waals surface area (Å²) in [5.41, 5.74) is 1.39. The van der Waals surface area contributed by atoms with Crippen LogP contribution in [-0.4, -0.2) is 17.5 Å². The Morgan fingerprint density at radius 2 is 2.22 bits per heavy atom. The van der Waals surface area contributed by atoms with E-state index in [0.717, 1.165) is 13.1 Å². The molecule has 0 aliphatic rings. The Labute approximate surface area is 71.1 Å². The molecule has 0 spiro atoms. The number of hydrogen-bond donors (Lipinski definition) is 1. The highest BCUT2D eigenvalue weighted by Gasteiger charge is 1.79. The molecule has 0 aromatic heterocycles. The van der Waals surface area contributed by atoms with Crippen LogP contribution >= 0.6 is 22.6 Å². The van der Waals surface area contributed by atoms with Gasteiger partial charge in [0.05, 0.1) is 0 Å². The van der Waals surface area contributed by atoms with E-state index in [2.05, 4.69) is 47.8 Å². The second kappa shape index (κ2) is 6.55. The minimum absolute atomic E-state index is 1.02. The lowest BCUT2D eigenvalue weighted by atomic mass is 10.3. The van der Waals surface area contributed by atoms with E-state index in [9.17, 15) is 0 Å². The maximum absolute atomic E-state index is 3.28. The van der Waals surface area contributed by atoms with Crippen LogP contribution in [0.3, 0.4) is 0 Å². The minimum atomic E-state index is 1.02. The molecule has 0 aliphatic heterocycles. The van der Waals surface area contributed by atoms with Crippen LogP contribution in [0.25, 0.3) is 0 Å². The first kappa shape index (κ1) is 9.43. The molecule has 0 amide bonds. The highest BCUT2D eigenvalue weighted by Crippen LogP contribution is 1.85. The molecule has 0 aromatic rings. The zero-order valence-electron chi connectivity index (χ0n) is 6.08. The summed E-state index contributed by atoms with van der Waals surface area (Å²) in [6.45, 7) is 6.37. The maximum Gasteiger partial charge on any atom is 0.0137 e. The molecule has 0 radical (unpaired) electrons. The van der Waals surface area contributed by atoms with E-state index >= 15 is 0 Å². The highest BCUT2D eigenvalue weighted by atomic mass is 127. The van der Waals surface area contributed by atoms with E-state index in [4.69, 9.17) is 0 Å². The second-order valence-corrected chi connectivity index (χ2v) is 3.25. The summed E-state index contributed by atoms with van der Waals surface area (Å²) in [5.74, 6) is 0. The van der Waals surface area contributed by atoms with Crippen LogP contribution in [0.2, 0.25) is 0 Å². The Morgan fingerprint density at radius 1 is 1.56 bits per heavy atom. The van der Waals surface area contributed by atoms with Gasteiger partial charge in [0.2, 0.25) is 0 Å². The average molecular weight is 239 g/mol. The fraction of sp³-hybridized carbons (Fsp3) is 0.714. The van der Waals surface area contributed by atoms with E-state index in [0.29, 0.717) is 0 Å². The van der Waals surface area contributed by atoms with Gasteiger partial charge in [0.1, 0.15) is 0 Å². The molecule has 0 atom stereocenters. The molecule has 0 saturated carbocycles. The molecule has 0 bridgehead atoms. The molecule has 0 heterocycles. The first-order valence-electron chi connectivity index (χ1n) is 3.17. The molecule has 0 unspecified atom stereocenters. The number of nitrogens with one attached hydrogen (secondary N) is 1. The first-order valence-corrected chi connectivity index (χ1v) is 4.70. The van der Waals surface area contributed by atoms with Crippen LogP contribution < -0.4 is 5.32 Å². The molecule has 0 aliphatic carbocycles. The van der Waals surface area contributed by atoms with Gasteiger partial charge in [-0.2, -0.15) is 0 Å². The van der Waals surface area contributed by atoms with Crippen molar-refractivity contribution in [2.24, 2.45) is 0 Å². The summed E-state index contributed by atoms with van der Waals surface area (Å²) in [6, 6.07) is 0. The van der Waals surface area contributed by atoms with Gasteiger partial charge in [0.25, 0.3) is 0 Å². The van der Waals surface area contributed by atoms with Crippen molar-refractivity contribution < 1.29 is 0 Å². The lowest BCUT2D eigenvalue weighted by Crippen LogP contribution is -2.15. The third-order valence-corrected chi connectivity index (χ3v) is 1.47. The van der Waals surface area contributed by atoms with Crippen molar-refractivity contribution in [3.05, 3.63) is 11.6 Å². The topological polar surface area (TPSA) is 12.0 Å². The summed E-state index contributed by atoms with van der Waals surface area (Å²) >= 11 is 2.36. The second-order valence-electron chi connectivity index (χ2n) is 2.17. The van der Waals surface area contributed by atoms with Gasteiger partial charge in [-0.3, -0.25) is 0 Å². The Morgan fingerprint density at radius 3 is 2.67 bits per heavy atom. The van der Waals surface area contributed by atoms with Crippen molar-refractivity contribution in [1.29, 1.82) is 0 Å². The van der Waals surface area contributed by atoms with Crippen LogP contribution in [0.4, 0.5) is 0 Å². The lowest BCUT2D eigenvalue weighted by molar-refractivity contribution is 0.809. The number of alkyl halides is 1. The third-order valence-electron chi connectivity index (χ3n) is 0.926. The smallest absolute Gasteiger partial charge is 0.0137 e. The van der Waals surface area contributed by atoms with E-state index in [1.165, 1.54) is 10.0 Å². The van der Waals surface area contributed by atoms with Crippen molar-refractivity contribution in [2.45, 2.75) is 13.8 Å². The van der Waals surface area contributed by atoms with Gasteiger partial charge in [-0.15, -0.1) is 0 Å². The van der Waals surface area contributed by atoms with Gasteiger partial charge in [0, 0.05) is 17.5 Å². The summed E-state index contributed by atoms with van der Waals surface area (Å²) in [4.78, 5) is 0. The van der Waals surface area contributed by atoms with E-state index in [1.54, 1.807) is 0 Å². The van der Waals surface area contributed by atoms with Crippen LogP contribution in [0.15, 0.2) is 11.6 Å². The van der Waals surface area contributed by atoms with Gasteiger partial charge >= 0.3 is 0 Å². The SMILES string of the molecule is CC(C)=CCNCCI. The van der Waals surface area contributed by atoms with Gasteiger partial charge in [-0.1, -0.05) is 34.2 Å². The van der Waals surface area contributed by atoms with E-state index < -0.39 is 0 Å². The summed E-state index contributed by atoms with van der Waals surface area (Å²) in [7, 11) is 0. The number of halogens is 1. The fourth-order valence-corrected chi connectivity index (χ4v) is 0.827. The normalized spacial score (nSPS) is 9.22. The number of hydrogen-bond acceptors (Lipinski definition) is 1. The largest absolute Gasteiger partial charge is 0.313 e. The lowest BCUT2D eigenvalue weighted by Gasteiger charge is -1.95. The standard InChI is InChI=1S/C7H14IN/c1-7(2)3-5-9-6-4-8/h3,9H,4-6H2,1-2H3. The van der Waals surface area contributed by atoms with Gasteiger partial charge < -0.3 is 5.32 Å². The zero-order valence-corrected chi connectivity index (χ0v) is 8.23. The van der Waals surface area contributed by atoms with Crippen molar-refractivity contribution in [1.82, 2.24) is 5.32 Å². The summed E-state index contributed by atoms with van der Waals surface area (Å²) < 4.78 is 1.19. The van der Waals surface area contributed by atoms with Crippen LogP contribution in [0, 0.1) is 0 Å². The predicted molar refractivity (Wildman–Crippen MR) is 51.2 cm³/mol. The Balaban J connectivity index is 3.00. The molecule has 0 rings (SSSR count). The molecule has 0 fully saturated rings. The molecule has 1 N–H and O–H groups in total. The Hall–Kier alpha value is 0.430. The number of allylic oxidation sites excluding steroid dienone is 1. The van der Waals surface area contributed by atoms with Gasteiger partial charge in [-0.05, 0) is 13.8 Å². The molecule has 9 heavy (non-hydrogen) atoms. The van der Waals surface area contributed by atoms with E-state index in [1.807, 2.05) is 0 Å². The first-order chi connectivity index (χ1) is 4.27. The van der Waals surface area contributed by atoms with Crippen LogP contribution in [0.1, 0.15) is 13.8 Å². The van der Waals surface area contributed by atoms with Crippen molar-refractivity contribution in [2.75, 3.05) is 17.5 Å². The summed E-state index contributed by atoms with van der Waals surface area (Å²) in [6.07, 6.45) is 2.20. The van der Waals surface area contributed by atoms with Crippen molar-refractivity contribution >= 4 is 22.6 Å². The molecule has 0 saturated heterocycles. The van der Waals surface area contributed by atoms with Crippen LogP contribution in [0.5, 0.6) is 0 Å². The summed E-state index contributed by atoms with van der Waals surface area (Å²) in [5, 5.41) is 3.28. The molecular formula is C7H14IN.